The van der Waals surface area contributed by atoms with Gasteiger partial charge in [0.05, 0.1) is 5.54 Å². The van der Waals surface area contributed by atoms with Crippen LogP contribution in [0.25, 0.3) is 0 Å². The van der Waals surface area contributed by atoms with E-state index in [0.717, 1.165) is 5.56 Å². The Morgan fingerprint density at radius 1 is 1.07 bits per heavy atom. The normalized spacial score (nSPS) is 22.1. The molecular weight excluding hydrogens is 376 g/mol. The van der Waals surface area contributed by atoms with Gasteiger partial charge in [-0.05, 0) is 48.9 Å². The fraction of sp³-hybridized carbons (Fsp3) is 0.360. The molecule has 0 aromatic heterocycles. The molecule has 0 radical (unpaired) electrons. The van der Waals surface area contributed by atoms with E-state index in [2.05, 4.69) is 10.6 Å². The number of benzene rings is 2. The zero-order valence-electron chi connectivity index (χ0n) is 17.3. The van der Waals surface area contributed by atoms with Gasteiger partial charge >= 0.3 is 0 Å². The molecule has 2 aromatic carbocycles. The molecule has 156 valence electrons. The monoisotopic (exact) mass is 404 g/mol. The van der Waals surface area contributed by atoms with Gasteiger partial charge in [0, 0.05) is 12.1 Å². The topological polar surface area (TPSA) is 78.4 Å². The van der Waals surface area contributed by atoms with Crippen molar-refractivity contribution in [2.45, 2.75) is 56.9 Å². The Morgan fingerprint density at radius 2 is 1.73 bits per heavy atom. The van der Waals surface area contributed by atoms with Crippen LogP contribution < -0.4 is 10.6 Å². The van der Waals surface area contributed by atoms with Gasteiger partial charge in [0.25, 0.3) is 11.8 Å². The number of carbonyl (C=O) groups is 2. The smallest absolute Gasteiger partial charge is 0.264 e. The molecule has 30 heavy (non-hydrogen) atoms. The van der Waals surface area contributed by atoms with Crippen LogP contribution in [0, 0.1) is 0 Å². The predicted octanol–water partition coefficient (Wildman–Crippen LogP) is 4.62. The molecule has 1 aliphatic heterocycles. The summed E-state index contributed by atoms with van der Waals surface area (Å²) in [7, 11) is 0. The van der Waals surface area contributed by atoms with E-state index < -0.39 is 17.4 Å². The molecule has 0 saturated heterocycles. The summed E-state index contributed by atoms with van der Waals surface area (Å²) < 4.78 is 0. The summed E-state index contributed by atoms with van der Waals surface area (Å²) in [6.07, 6.45) is 6.69. The predicted molar refractivity (Wildman–Crippen MR) is 117 cm³/mol. The number of anilines is 1. The van der Waals surface area contributed by atoms with Crippen molar-refractivity contribution in [3.63, 3.8) is 0 Å². The van der Waals surface area contributed by atoms with E-state index in [9.17, 15) is 14.7 Å². The minimum atomic E-state index is -1.00. The van der Waals surface area contributed by atoms with Gasteiger partial charge in [-0.1, -0.05) is 61.7 Å². The molecule has 1 aliphatic carbocycles. The lowest BCUT2D eigenvalue weighted by molar-refractivity contribution is -0.121. The van der Waals surface area contributed by atoms with Crippen LogP contribution in [-0.2, 0) is 16.0 Å². The Hall–Kier alpha value is -3.08. The first-order valence-corrected chi connectivity index (χ1v) is 10.7. The summed E-state index contributed by atoms with van der Waals surface area (Å²) in [4.78, 5) is 25.3. The van der Waals surface area contributed by atoms with E-state index in [0.29, 0.717) is 18.0 Å². The van der Waals surface area contributed by atoms with Crippen LogP contribution in [0.15, 0.2) is 65.9 Å². The van der Waals surface area contributed by atoms with E-state index >= 15 is 0 Å². The number of nitrogens with one attached hydrogen (secondary N) is 2. The first-order chi connectivity index (χ1) is 14.5. The lowest BCUT2D eigenvalue weighted by atomic mass is 9.84. The van der Waals surface area contributed by atoms with Crippen LogP contribution in [0.2, 0.25) is 0 Å². The molecule has 4 rings (SSSR count). The minimum Gasteiger partial charge on any atom is -0.509 e. The number of hydrogen-bond donors (Lipinski definition) is 3. The van der Waals surface area contributed by atoms with Gasteiger partial charge in [-0.25, -0.2) is 0 Å². The zero-order valence-corrected chi connectivity index (χ0v) is 17.3. The van der Waals surface area contributed by atoms with Gasteiger partial charge in [0.1, 0.15) is 11.3 Å². The zero-order chi connectivity index (χ0) is 21.1. The highest BCUT2D eigenvalue weighted by Gasteiger charge is 2.44. The summed E-state index contributed by atoms with van der Waals surface area (Å²) in [5.74, 6) is -0.767. The van der Waals surface area contributed by atoms with Gasteiger partial charge in [0.2, 0.25) is 0 Å². The number of hydrogen-bond acceptors (Lipinski definition) is 3. The van der Waals surface area contributed by atoms with Crippen molar-refractivity contribution in [1.29, 1.82) is 0 Å². The van der Waals surface area contributed by atoms with Crippen LogP contribution in [0.1, 0.15) is 56.1 Å². The van der Waals surface area contributed by atoms with Gasteiger partial charge in [-0.3, -0.25) is 9.59 Å². The molecule has 3 N–H and O–H groups in total. The molecule has 1 saturated carbocycles. The van der Waals surface area contributed by atoms with Gasteiger partial charge in [0.15, 0.2) is 0 Å². The van der Waals surface area contributed by atoms with E-state index in [4.69, 9.17) is 0 Å². The summed E-state index contributed by atoms with van der Waals surface area (Å²) in [5, 5.41) is 16.3. The van der Waals surface area contributed by atoms with Crippen molar-refractivity contribution in [3.8, 4) is 0 Å². The minimum absolute atomic E-state index is 0.215. The van der Waals surface area contributed by atoms with Crippen LogP contribution in [0.3, 0.4) is 0 Å². The highest BCUT2D eigenvalue weighted by atomic mass is 16.3. The van der Waals surface area contributed by atoms with Gasteiger partial charge in [-0.2, -0.15) is 0 Å². The van der Waals surface area contributed by atoms with Crippen molar-refractivity contribution in [2.24, 2.45) is 0 Å². The second-order valence-electron chi connectivity index (χ2n) is 8.58. The van der Waals surface area contributed by atoms with E-state index in [-0.39, 0.29) is 11.3 Å². The van der Waals surface area contributed by atoms with Crippen molar-refractivity contribution < 1.29 is 14.7 Å². The van der Waals surface area contributed by atoms with Crippen molar-refractivity contribution in [2.75, 3.05) is 5.32 Å². The number of aliphatic hydroxyl groups is 1. The quantitative estimate of drug-likeness (QED) is 0.637. The van der Waals surface area contributed by atoms with Gasteiger partial charge in [-0.15, -0.1) is 0 Å². The highest BCUT2D eigenvalue weighted by Crippen LogP contribution is 2.33. The third kappa shape index (κ3) is 4.11. The molecule has 5 nitrogen and oxygen atoms in total. The van der Waals surface area contributed by atoms with E-state index in [1.807, 2.05) is 54.6 Å². The number of rotatable bonds is 5. The summed E-state index contributed by atoms with van der Waals surface area (Å²) in [5.41, 5.74) is 1.65. The largest absolute Gasteiger partial charge is 0.509 e. The third-order valence-electron chi connectivity index (χ3n) is 6.25. The highest BCUT2D eigenvalue weighted by molar-refractivity contribution is 6.24. The molecule has 5 heteroatoms. The Labute approximate surface area is 177 Å². The van der Waals surface area contributed by atoms with Crippen LogP contribution in [0.5, 0.6) is 0 Å². The maximum atomic E-state index is 12.8. The van der Waals surface area contributed by atoms with E-state index in [1.54, 1.807) is 6.92 Å². The Kier molecular flexibility index (Phi) is 5.62. The summed E-state index contributed by atoms with van der Waals surface area (Å²) >= 11 is 0. The van der Waals surface area contributed by atoms with Crippen molar-refractivity contribution in [1.82, 2.24) is 5.32 Å². The van der Waals surface area contributed by atoms with Crippen LogP contribution >= 0.6 is 0 Å². The lowest BCUT2D eigenvalue weighted by Crippen LogP contribution is -2.43. The Morgan fingerprint density at radius 3 is 2.40 bits per heavy atom. The molecule has 2 aromatic rings. The second-order valence-corrected chi connectivity index (χ2v) is 8.58. The molecule has 1 fully saturated rings. The van der Waals surface area contributed by atoms with Crippen LogP contribution in [-0.4, -0.2) is 22.5 Å². The molecule has 2 aliphatic rings. The fourth-order valence-corrected chi connectivity index (χ4v) is 4.57. The van der Waals surface area contributed by atoms with Crippen molar-refractivity contribution >= 4 is 17.5 Å². The summed E-state index contributed by atoms with van der Waals surface area (Å²) in [6.45, 7) is 1.73. The fourth-order valence-electron chi connectivity index (χ4n) is 4.57. The van der Waals surface area contributed by atoms with Crippen LogP contribution in [0.4, 0.5) is 5.69 Å². The number of amides is 2. The Bertz CT molecular complexity index is 960. The summed E-state index contributed by atoms with van der Waals surface area (Å²) in [6, 6.07) is 17.4. The second kappa shape index (κ2) is 8.34. The average molecular weight is 405 g/mol. The molecule has 0 unspecified atom stereocenters. The molecule has 0 spiro atoms. The molecule has 1 atom stereocenters. The first kappa shape index (κ1) is 20.2. The number of carbonyl (C=O) groups excluding carboxylic acids is 2. The molecule has 1 heterocycles. The molecule has 2 amide bonds. The Balaban J connectivity index is 1.48. The standard InChI is InChI=1S/C25H28N2O3/c1-25(16-17-8-4-2-5-9-17)22(28)21(24(30)27-25)23(29)26-20-14-12-19(13-15-20)18-10-6-3-7-11-18/h2,4-5,8-9,12-15,18,28H,3,6-7,10-11,16H2,1H3,(H,26,29)(H,27,30)/t25-/m0/s1. The van der Waals surface area contributed by atoms with Gasteiger partial charge < -0.3 is 15.7 Å². The third-order valence-corrected chi connectivity index (χ3v) is 6.25. The number of aliphatic hydroxyl groups excluding tert-OH is 1. The maximum absolute atomic E-state index is 12.8. The SMILES string of the molecule is C[C@@]1(Cc2ccccc2)NC(=O)C(C(=O)Nc2ccc(C3CCCCC3)cc2)=C1O. The molecular formula is C25H28N2O3. The average Bonchev–Trinajstić information content (AvgIpc) is 2.97. The molecule has 0 bridgehead atoms. The van der Waals surface area contributed by atoms with Crippen molar-refractivity contribution in [3.05, 3.63) is 77.1 Å². The lowest BCUT2D eigenvalue weighted by Gasteiger charge is -2.24. The van der Waals surface area contributed by atoms with E-state index in [1.165, 1.54) is 37.7 Å². The first-order valence-electron chi connectivity index (χ1n) is 10.7. The maximum Gasteiger partial charge on any atom is 0.264 e.